The lowest BCUT2D eigenvalue weighted by molar-refractivity contribution is -0.134. The van der Waals surface area contributed by atoms with Crippen molar-refractivity contribution in [2.24, 2.45) is 0 Å². The molecule has 0 radical (unpaired) electrons. The molecule has 2 aromatic carbocycles. The molecule has 10 heteroatoms. The molecular formula is C18H17Cl2FN2O4S. The van der Waals surface area contributed by atoms with Gasteiger partial charge in [0.15, 0.2) is 6.61 Å². The summed E-state index contributed by atoms with van der Waals surface area (Å²) in [6.07, 6.45) is 0. The summed E-state index contributed by atoms with van der Waals surface area (Å²) in [4.78, 5) is 13.9. The Morgan fingerprint density at radius 1 is 1.04 bits per heavy atom. The van der Waals surface area contributed by atoms with E-state index in [9.17, 15) is 17.6 Å². The van der Waals surface area contributed by atoms with E-state index in [1.165, 1.54) is 27.4 Å². The molecule has 0 saturated carbocycles. The Labute approximate surface area is 172 Å². The maximum absolute atomic E-state index is 13.0. The minimum Gasteiger partial charge on any atom is -0.482 e. The third-order valence-electron chi connectivity index (χ3n) is 4.29. The van der Waals surface area contributed by atoms with Gasteiger partial charge in [0, 0.05) is 31.2 Å². The minimum atomic E-state index is -3.73. The molecule has 1 fully saturated rings. The molecule has 0 unspecified atom stereocenters. The first-order valence-electron chi connectivity index (χ1n) is 8.39. The van der Waals surface area contributed by atoms with Gasteiger partial charge in [-0.05, 0) is 42.5 Å². The second-order valence-electron chi connectivity index (χ2n) is 6.10. The summed E-state index contributed by atoms with van der Waals surface area (Å²) < 4.78 is 44.9. The molecule has 0 spiro atoms. The van der Waals surface area contributed by atoms with Crippen LogP contribution in [0.2, 0.25) is 10.0 Å². The number of rotatable bonds is 5. The van der Waals surface area contributed by atoms with Gasteiger partial charge in [-0.15, -0.1) is 0 Å². The van der Waals surface area contributed by atoms with Crippen LogP contribution in [-0.4, -0.2) is 56.3 Å². The van der Waals surface area contributed by atoms with Crippen LogP contribution in [0.1, 0.15) is 0 Å². The summed E-state index contributed by atoms with van der Waals surface area (Å²) in [5.74, 6) is -0.433. The quantitative estimate of drug-likeness (QED) is 0.707. The van der Waals surface area contributed by atoms with Gasteiger partial charge in [-0.25, -0.2) is 12.8 Å². The molecule has 6 nitrogen and oxygen atoms in total. The van der Waals surface area contributed by atoms with Crippen LogP contribution in [0.5, 0.6) is 5.75 Å². The lowest BCUT2D eigenvalue weighted by Gasteiger charge is -2.34. The highest BCUT2D eigenvalue weighted by Gasteiger charge is 2.30. The van der Waals surface area contributed by atoms with E-state index >= 15 is 0 Å². The average molecular weight is 447 g/mol. The number of hydrogen-bond donors (Lipinski definition) is 0. The van der Waals surface area contributed by atoms with Crippen LogP contribution in [-0.2, 0) is 14.8 Å². The molecule has 0 atom stereocenters. The fourth-order valence-corrected chi connectivity index (χ4v) is 4.64. The number of amides is 1. The second kappa shape index (κ2) is 8.65. The molecule has 0 aliphatic carbocycles. The van der Waals surface area contributed by atoms with Crippen LogP contribution in [0.15, 0.2) is 47.4 Å². The Bertz CT molecular complexity index is 962. The van der Waals surface area contributed by atoms with Crippen molar-refractivity contribution >= 4 is 39.1 Å². The monoisotopic (exact) mass is 446 g/mol. The highest BCUT2D eigenvalue weighted by atomic mass is 35.5. The molecule has 3 rings (SSSR count). The summed E-state index contributed by atoms with van der Waals surface area (Å²) in [5, 5.41) is 0.762. The molecule has 1 heterocycles. The largest absolute Gasteiger partial charge is 0.482 e. The number of sulfonamides is 1. The van der Waals surface area contributed by atoms with Crippen LogP contribution in [0.3, 0.4) is 0 Å². The van der Waals surface area contributed by atoms with Gasteiger partial charge in [0.1, 0.15) is 11.6 Å². The van der Waals surface area contributed by atoms with E-state index in [2.05, 4.69) is 0 Å². The van der Waals surface area contributed by atoms with Crippen LogP contribution in [0.25, 0.3) is 0 Å². The van der Waals surface area contributed by atoms with E-state index in [0.29, 0.717) is 15.8 Å². The Morgan fingerprint density at radius 2 is 1.68 bits per heavy atom. The zero-order valence-electron chi connectivity index (χ0n) is 14.6. The highest BCUT2D eigenvalue weighted by Crippen LogP contribution is 2.27. The third-order valence-corrected chi connectivity index (χ3v) is 6.73. The molecule has 150 valence electrons. The first-order chi connectivity index (χ1) is 13.3. The second-order valence-corrected chi connectivity index (χ2v) is 8.88. The number of nitrogens with zero attached hydrogens (tertiary/aromatic N) is 2. The van der Waals surface area contributed by atoms with Crippen molar-refractivity contribution in [3.63, 3.8) is 0 Å². The van der Waals surface area contributed by atoms with Crippen molar-refractivity contribution in [1.82, 2.24) is 9.21 Å². The fraction of sp³-hybridized carbons (Fsp3) is 0.278. The smallest absolute Gasteiger partial charge is 0.260 e. The van der Waals surface area contributed by atoms with Crippen molar-refractivity contribution in [1.29, 1.82) is 0 Å². The van der Waals surface area contributed by atoms with E-state index < -0.39 is 15.8 Å². The molecule has 1 aliphatic rings. The standard InChI is InChI=1S/C18H17Cl2FN2O4S/c19-13-1-6-17(16(20)11-13)27-12-18(24)22-7-9-23(10-8-22)28(25,26)15-4-2-14(21)3-5-15/h1-6,11H,7-10,12H2. The van der Waals surface area contributed by atoms with E-state index in [1.807, 2.05) is 0 Å². The van der Waals surface area contributed by atoms with Gasteiger partial charge in [0.25, 0.3) is 5.91 Å². The van der Waals surface area contributed by atoms with Crippen molar-refractivity contribution in [3.8, 4) is 5.75 Å². The zero-order chi connectivity index (χ0) is 20.3. The van der Waals surface area contributed by atoms with Gasteiger partial charge in [0.05, 0.1) is 9.92 Å². The maximum atomic E-state index is 13.0. The Hall–Kier alpha value is -1.87. The number of benzene rings is 2. The maximum Gasteiger partial charge on any atom is 0.260 e. The van der Waals surface area contributed by atoms with Crippen LogP contribution >= 0.6 is 23.2 Å². The molecule has 28 heavy (non-hydrogen) atoms. The SMILES string of the molecule is O=C(COc1ccc(Cl)cc1Cl)N1CCN(S(=O)(=O)c2ccc(F)cc2)CC1. The Balaban J connectivity index is 1.55. The van der Waals surface area contributed by atoms with E-state index in [-0.39, 0.29) is 43.6 Å². The molecule has 1 amide bonds. The van der Waals surface area contributed by atoms with Crippen molar-refractivity contribution in [3.05, 3.63) is 58.3 Å². The normalized spacial score (nSPS) is 15.5. The highest BCUT2D eigenvalue weighted by molar-refractivity contribution is 7.89. The Morgan fingerprint density at radius 3 is 2.29 bits per heavy atom. The van der Waals surface area contributed by atoms with Crippen LogP contribution in [0, 0.1) is 5.82 Å². The summed E-state index contributed by atoms with van der Waals surface area (Å²) >= 11 is 11.8. The van der Waals surface area contributed by atoms with Gasteiger partial charge in [-0.3, -0.25) is 4.79 Å². The predicted molar refractivity (Wildman–Crippen MR) is 104 cm³/mol. The molecule has 2 aromatic rings. The zero-order valence-corrected chi connectivity index (χ0v) is 17.0. The predicted octanol–water partition coefficient (Wildman–Crippen LogP) is 3.04. The topological polar surface area (TPSA) is 66.9 Å². The van der Waals surface area contributed by atoms with Crippen LogP contribution < -0.4 is 4.74 Å². The van der Waals surface area contributed by atoms with E-state index in [1.54, 1.807) is 12.1 Å². The number of ether oxygens (including phenoxy) is 1. The van der Waals surface area contributed by atoms with Crippen molar-refractivity contribution < 1.29 is 22.3 Å². The lowest BCUT2D eigenvalue weighted by Crippen LogP contribution is -2.51. The number of hydrogen-bond acceptors (Lipinski definition) is 4. The number of halogens is 3. The van der Waals surface area contributed by atoms with Crippen molar-refractivity contribution in [2.45, 2.75) is 4.90 Å². The van der Waals surface area contributed by atoms with Gasteiger partial charge in [0.2, 0.25) is 10.0 Å². The summed E-state index contributed by atoms with van der Waals surface area (Å²) in [6, 6.07) is 9.36. The molecule has 0 N–H and O–H groups in total. The summed E-state index contributed by atoms with van der Waals surface area (Å²) in [5.41, 5.74) is 0. The number of carbonyl (C=O) groups excluding carboxylic acids is 1. The fourth-order valence-electron chi connectivity index (χ4n) is 2.76. The summed E-state index contributed by atoms with van der Waals surface area (Å²) in [7, 11) is -3.73. The molecule has 1 saturated heterocycles. The first-order valence-corrected chi connectivity index (χ1v) is 10.6. The minimum absolute atomic E-state index is 0.0226. The number of piperazine rings is 1. The first kappa shape index (κ1) is 20.9. The van der Waals surface area contributed by atoms with E-state index in [4.69, 9.17) is 27.9 Å². The van der Waals surface area contributed by atoms with Gasteiger partial charge in [-0.2, -0.15) is 4.31 Å². The lowest BCUT2D eigenvalue weighted by atomic mass is 10.3. The molecule has 0 aromatic heterocycles. The number of carbonyl (C=O) groups is 1. The molecular weight excluding hydrogens is 430 g/mol. The average Bonchev–Trinajstić information content (AvgIpc) is 2.67. The van der Waals surface area contributed by atoms with Gasteiger partial charge in [-0.1, -0.05) is 23.2 Å². The third kappa shape index (κ3) is 4.75. The van der Waals surface area contributed by atoms with Gasteiger partial charge < -0.3 is 9.64 Å². The summed E-state index contributed by atoms with van der Waals surface area (Å²) in [6.45, 7) is 0.542. The van der Waals surface area contributed by atoms with Crippen LogP contribution in [0.4, 0.5) is 4.39 Å². The Kier molecular flexibility index (Phi) is 6.44. The molecule has 0 bridgehead atoms. The van der Waals surface area contributed by atoms with Crippen molar-refractivity contribution in [2.75, 3.05) is 32.8 Å². The van der Waals surface area contributed by atoms with E-state index in [0.717, 1.165) is 12.1 Å². The van der Waals surface area contributed by atoms with Gasteiger partial charge >= 0.3 is 0 Å². The molecule has 1 aliphatic heterocycles.